The number of carbonyl (C=O) groups excluding carboxylic acids is 1. The van der Waals surface area contributed by atoms with Crippen molar-refractivity contribution in [1.29, 1.82) is 0 Å². The van der Waals surface area contributed by atoms with Crippen molar-refractivity contribution in [2.45, 2.75) is 0 Å². The molecule has 0 aliphatic rings. The molecule has 15 heavy (non-hydrogen) atoms. The predicted molar refractivity (Wildman–Crippen MR) is 44.9 cm³/mol. The number of rotatable bonds is 3. The number of para-hydroxylation sites is 1. The minimum atomic E-state index is -2.08. The number of carbonyl (C=O) groups is 1. The van der Waals surface area contributed by atoms with Crippen molar-refractivity contribution < 1.29 is 49.3 Å². The smallest absolute Gasteiger partial charge is 1.00 e. The van der Waals surface area contributed by atoms with Crippen LogP contribution in [0.1, 0.15) is 11.8 Å². The van der Waals surface area contributed by atoms with E-state index in [-0.39, 0.29) is 31.6 Å². The van der Waals surface area contributed by atoms with E-state index in [1.165, 1.54) is 24.3 Å². The van der Waals surface area contributed by atoms with Crippen LogP contribution < -0.4 is 23.5 Å². The summed E-state index contributed by atoms with van der Waals surface area (Å²) < 4.78 is 16.0. The van der Waals surface area contributed by atoms with Gasteiger partial charge in [-0.3, -0.25) is 0 Å². The Hall–Kier alpha value is -0.998. The van der Waals surface area contributed by atoms with E-state index in [4.69, 9.17) is 10.0 Å². The summed E-state index contributed by atoms with van der Waals surface area (Å²) in [6.45, 7) is 0. The maximum absolute atomic E-state index is 11.6. The first-order chi connectivity index (χ1) is 6.65. The first-order valence-corrected chi connectivity index (χ1v) is 3.60. The van der Waals surface area contributed by atoms with Gasteiger partial charge in [-0.25, -0.2) is 9.74 Å². The van der Waals surface area contributed by atoms with Gasteiger partial charge in [0.2, 0.25) is 0 Å². The molecule has 76 valence electrons. The van der Waals surface area contributed by atoms with Crippen molar-refractivity contribution in [3.8, 4) is 5.75 Å². The fourth-order valence-corrected chi connectivity index (χ4v) is 0.893. The molecule has 0 heterocycles. The SMILES string of the molecule is O=C(OF)c1ccccc1OB(O)O.[H-].[Li+]. The first-order valence-electron chi connectivity index (χ1n) is 3.60. The molecule has 2 N–H and O–H groups in total. The zero-order valence-corrected chi connectivity index (χ0v) is 7.88. The molecule has 5 nitrogen and oxygen atoms in total. The number of hydrogen-bond donors (Lipinski definition) is 2. The van der Waals surface area contributed by atoms with Gasteiger partial charge in [-0.05, 0) is 12.1 Å². The molecule has 0 aromatic heterocycles. The second kappa shape index (κ2) is 6.48. The van der Waals surface area contributed by atoms with Crippen LogP contribution in [0.2, 0.25) is 0 Å². The average molecular weight is 208 g/mol. The summed E-state index contributed by atoms with van der Waals surface area (Å²) in [6, 6.07) is 5.42. The van der Waals surface area contributed by atoms with Gasteiger partial charge >= 0.3 is 32.2 Å². The van der Waals surface area contributed by atoms with Crippen LogP contribution >= 0.6 is 0 Å². The molecule has 0 saturated carbocycles. The van der Waals surface area contributed by atoms with Gasteiger partial charge in [-0.15, -0.1) is 0 Å². The van der Waals surface area contributed by atoms with Crippen molar-refractivity contribution in [1.82, 2.24) is 0 Å². The molecule has 1 aromatic rings. The Kier molecular flexibility index (Phi) is 6.05. The summed E-state index contributed by atoms with van der Waals surface area (Å²) in [5.41, 5.74) is -0.233. The van der Waals surface area contributed by atoms with Gasteiger partial charge in [-0.1, -0.05) is 12.1 Å². The van der Waals surface area contributed by atoms with Gasteiger partial charge in [0.05, 0.1) is 0 Å². The molecule has 1 rings (SSSR count). The second-order valence-corrected chi connectivity index (χ2v) is 2.30. The number of halogens is 1. The molecule has 0 aliphatic carbocycles. The molecular formula is C7H7BFLiO5. The minimum Gasteiger partial charge on any atom is -1.00 e. The van der Waals surface area contributed by atoms with E-state index in [1.807, 2.05) is 0 Å². The zero-order valence-electron chi connectivity index (χ0n) is 8.88. The molecule has 0 fully saturated rings. The minimum absolute atomic E-state index is 0. The van der Waals surface area contributed by atoms with Crippen LogP contribution in [0.25, 0.3) is 0 Å². The Morgan fingerprint density at radius 3 is 2.53 bits per heavy atom. The second-order valence-electron chi connectivity index (χ2n) is 2.30. The van der Waals surface area contributed by atoms with Gasteiger partial charge in [0.1, 0.15) is 11.3 Å². The Bertz CT molecular complexity index is 340. The summed E-state index contributed by atoms with van der Waals surface area (Å²) in [4.78, 5) is 13.8. The normalized spacial score (nSPS) is 8.73. The van der Waals surface area contributed by atoms with E-state index in [0.29, 0.717) is 0 Å². The predicted octanol–water partition coefficient (Wildman–Crippen LogP) is -2.81. The molecule has 8 heteroatoms. The van der Waals surface area contributed by atoms with Gasteiger partial charge in [-0.2, -0.15) is 0 Å². The Morgan fingerprint density at radius 2 is 2.00 bits per heavy atom. The molecule has 0 atom stereocenters. The van der Waals surface area contributed by atoms with E-state index < -0.39 is 13.3 Å². The molecule has 0 spiro atoms. The quantitative estimate of drug-likeness (QED) is 0.524. The Balaban J connectivity index is 0. The van der Waals surface area contributed by atoms with Crippen molar-refractivity contribution in [2.75, 3.05) is 0 Å². The monoisotopic (exact) mass is 208 g/mol. The number of benzene rings is 1. The van der Waals surface area contributed by atoms with Crippen molar-refractivity contribution >= 4 is 13.3 Å². The van der Waals surface area contributed by atoms with Crippen LogP contribution in [0.5, 0.6) is 5.75 Å². The molecule has 0 radical (unpaired) electrons. The summed E-state index contributed by atoms with van der Waals surface area (Å²) >= 11 is 0. The van der Waals surface area contributed by atoms with Crippen molar-refractivity contribution in [3.63, 3.8) is 0 Å². The van der Waals surface area contributed by atoms with E-state index in [9.17, 15) is 9.32 Å². The van der Waals surface area contributed by atoms with Crippen LogP contribution in [0, 0.1) is 0 Å². The Morgan fingerprint density at radius 1 is 1.40 bits per heavy atom. The molecule has 0 aliphatic heterocycles. The van der Waals surface area contributed by atoms with Gasteiger partial charge < -0.3 is 16.1 Å². The van der Waals surface area contributed by atoms with Crippen LogP contribution in [-0.2, 0) is 4.94 Å². The van der Waals surface area contributed by atoms with Crippen molar-refractivity contribution in [3.05, 3.63) is 29.8 Å². The largest absolute Gasteiger partial charge is 1.00 e. The molecule has 0 unspecified atom stereocenters. The summed E-state index contributed by atoms with van der Waals surface area (Å²) in [5.74, 6) is -1.44. The first kappa shape index (κ1) is 14.0. The van der Waals surface area contributed by atoms with E-state index >= 15 is 0 Å². The maximum atomic E-state index is 11.6. The topological polar surface area (TPSA) is 76.0 Å². The summed E-state index contributed by atoms with van der Waals surface area (Å²) in [7, 11) is -2.08. The molecule has 0 bridgehead atoms. The fourth-order valence-electron chi connectivity index (χ4n) is 0.893. The third-order valence-electron chi connectivity index (χ3n) is 1.41. The van der Waals surface area contributed by atoms with E-state index in [0.717, 1.165) is 0 Å². The van der Waals surface area contributed by atoms with Gasteiger partial charge in [0.15, 0.2) is 0 Å². The molecule has 0 amide bonds. The van der Waals surface area contributed by atoms with Gasteiger partial charge in [0, 0.05) is 4.53 Å². The third kappa shape index (κ3) is 3.93. The summed E-state index contributed by atoms with van der Waals surface area (Å²) in [6.07, 6.45) is 0. The molecule has 0 saturated heterocycles. The van der Waals surface area contributed by atoms with Crippen LogP contribution in [0.15, 0.2) is 24.3 Å². The van der Waals surface area contributed by atoms with E-state index in [2.05, 4.69) is 9.60 Å². The zero-order chi connectivity index (χ0) is 10.6. The van der Waals surface area contributed by atoms with Crippen molar-refractivity contribution in [2.24, 2.45) is 0 Å². The maximum Gasteiger partial charge on any atom is 1.00 e. The fraction of sp³-hybridized carbons (Fsp3) is 0. The molecular weight excluding hydrogens is 201 g/mol. The van der Waals surface area contributed by atoms with Crippen LogP contribution in [-0.4, -0.2) is 23.3 Å². The van der Waals surface area contributed by atoms with E-state index in [1.54, 1.807) is 0 Å². The van der Waals surface area contributed by atoms with Crippen LogP contribution in [0.4, 0.5) is 4.53 Å². The summed E-state index contributed by atoms with van der Waals surface area (Å²) in [5, 5.41) is 16.9. The Labute approximate surface area is 98.5 Å². The average Bonchev–Trinajstić information content (AvgIpc) is 2.16. The molecule has 1 aromatic carbocycles. The van der Waals surface area contributed by atoms with Gasteiger partial charge in [0.25, 0.3) is 0 Å². The van der Waals surface area contributed by atoms with Crippen LogP contribution in [0.3, 0.4) is 0 Å². The third-order valence-corrected chi connectivity index (χ3v) is 1.41. The number of hydrogen-bond acceptors (Lipinski definition) is 5. The standard InChI is InChI=1S/C7H6BFO5.Li.H/c9-14-7(10)5-3-1-2-4-6(5)13-8(11)12;;/h1-4,11-12H;;/q;+1;-1.